The first kappa shape index (κ1) is 12.2. The molecule has 0 saturated carbocycles. The molecule has 0 aliphatic carbocycles. The van der Waals surface area contributed by atoms with Crippen LogP contribution in [0.1, 0.15) is 36.6 Å². The Kier molecular flexibility index (Phi) is 3.53. The molecule has 1 aromatic carbocycles. The standard InChI is InChI=1S/C13H21NO/c1-9-5-10(2)7-11(6-9)12(14)13(3,4)8-15/h5-7,12,15H,8,14H2,1-4H3/t12-/m1/s1. The van der Waals surface area contributed by atoms with Gasteiger partial charge in [0.15, 0.2) is 0 Å². The molecule has 0 fully saturated rings. The van der Waals surface area contributed by atoms with Crippen LogP contribution in [0.25, 0.3) is 0 Å². The summed E-state index contributed by atoms with van der Waals surface area (Å²) in [5, 5.41) is 9.28. The van der Waals surface area contributed by atoms with Crippen molar-refractivity contribution in [3.05, 3.63) is 34.9 Å². The van der Waals surface area contributed by atoms with Gasteiger partial charge in [-0.2, -0.15) is 0 Å². The van der Waals surface area contributed by atoms with Gasteiger partial charge in [-0.05, 0) is 19.4 Å². The molecule has 2 nitrogen and oxygen atoms in total. The predicted molar refractivity (Wildman–Crippen MR) is 63.7 cm³/mol. The van der Waals surface area contributed by atoms with Gasteiger partial charge in [-0.15, -0.1) is 0 Å². The molecular formula is C13H21NO. The lowest BCUT2D eigenvalue weighted by Gasteiger charge is -2.30. The van der Waals surface area contributed by atoms with Crippen LogP contribution >= 0.6 is 0 Å². The van der Waals surface area contributed by atoms with E-state index >= 15 is 0 Å². The summed E-state index contributed by atoms with van der Waals surface area (Å²) < 4.78 is 0. The van der Waals surface area contributed by atoms with Gasteiger partial charge in [-0.3, -0.25) is 0 Å². The zero-order chi connectivity index (χ0) is 11.6. The SMILES string of the molecule is Cc1cc(C)cc([C@@H](N)C(C)(C)CO)c1. The van der Waals surface area contributed by atoms with Gasteiger partial charge in [0.25, 0.3) is 0 Å². The number of rotatable bonds is 3. The third kappa shape index (κ3) is 2.80. The molecule has 3 N–H and O–H groups in total. The van der Waals surface area contributed by atoms with Crippen LogP contribution in [-0.4, -0.2) is 11.7 Å². The van der Waals surface area contributed by atoms with Crippen molar-refractivity contribution in [3.63, 3.8) is 0 Å². The van der Waals surface area contributed by atoms with Crippen molar-refractivity contribution in [3.8, 4) is 0 Å². The first-order valence-electron chi connectivity index (χ1n) is 5.31. The molecule has 0 aliphatic heterocycles. The van der Waals surface area contributed by atoms with E-state index < -0.39 is 0 Å². The molecule has 0 heterocycles. The fraction of sp³-hybridized carbons (Fsp3) is 0.538. The van der Waals surface area contributed by atoms with Crippen molar-refractivity contribution in [1.29, 1.82) is 0 Å². The van der Waals surface area contributed by atoms with Crippen LogP contribution in [0.2, 0.25) is 0 Å². The van der Waals surface area contributed by atoms with Gasteiger partial charge in [0.2, 0.25) is 0 Å². The lowest BCUT2D eigenvalue weighted by atomic mass is 9.81. The van der Waals surface area contributed by atoms with Gasteiger partial charge in [-0.25, -0.2) is 0 Å². The van der Waals surface area contributed by atoms with Gasteiger partial charge in [0, 0.05) is 18.1 Å². The van der Waals surface area contributed by atoms with Crippen LogP contribution in [0.3, 0.4) is 0 Å². The third-order valence-electron chi connectivity index (χ3n) is 2.85. The molecule has 0 unspecified atom stereocenters. The number of hydrogen-bond acceptors (Lipinski definition) is 2. The molecular weight excluding hydrogens is 186 g/mol. The molecule has 84 valence electrons. The second kappa shape index (κ2) is 4.33. The quantitative estimate of drug-likeness (QED) is 0.799. The van der Waals surface area contributed by atoms with Gasteiger partial charge in [0.05, 0.1) is 0 Å². The molecule has 0 spiro atoms. The Morgan fingerprint density at radius 3 is 2.07 bits per heavy atom. The minimum Gasteiger partial charge on any atom is -0.396 e. The number of aryl methyl sites for hydroxylation is 2. The molecule has 1 aromatic rings. The van der Waals surface area contributed by atoms with Gasteiger partial charge in [-0.1, -0.05) is 43.2 Å². The largest absolute Gasteiger partial charge is 0.396 e. The lowest BCUT2D eigenvalue weighted by Crippen LogP contribution is -2.32. The van der Waals surface area contributed by atoms with E-state index in [-0.39, 0.29) is 18.1 Å². The van der Waals surface area contributed by atoms with Crippen molar-refractivity contribution >= 4 is 0 Å². The molecule has 0 aliphatic rings. The highest BCUT2D eigenvalue weighted by Crippen LogP contribution is 2.31. The summed E-state index contributed by atoms with van der Waals surface area (Å²) in [6, 6.07) is 6.19. The highest BCUT2D eigenvalue weighted by Gasteiger charge is 2.26. The second-order valence-corrected chi connectivity index (χ2v) is 5.05. The second-order valence-electron chi connectivity index (χ2n) is 5.05. The summed E-state index contributed by atoms with van der Waals surface area (Å²) in [5.41, 5.74) is 9.42. The number of hydrogen-bond donors (Lipinski definition) is 2. The van der Waals surface area contributed by atoms with Crippen molar-refractivity contribution in [2.45, 2.75) is 33.7 Å². The zero-order valence-electron chi connectivity index (χ0n) is 10.0. The fourth-order valence-electron chi connectivity index (χ4n) is 1.74. The topological polar surface area (TPSA) is 46.2 Å². The maximum atomic E-state index is 9.28. The zero-order valence-corrected chi connectivity index (χ0v) is 10.0. The Morgan fingerprint density at radius 1 is 1.20 bits per heavy atom. The van der Waals surface area contributed by atoms with Crippen LogP contribution in [0, 0.1) is 19.3 Å². The van der Waals surface area contributed by atoms with Crippen LogP contribution in [0.4, 0.5) is 0 Å². The first-order valence-corrected chi connectivity index (χ1v) is 5.31. The monoisotopic (exact) mass is 207 g/mol. The highest BCUT2D eigenvalue weighted by molar-refractivity contribution is 5.31. The third-order valence-corrected chi connectivity index (χ3v) is 2.85. The smallest absolute Gasteiger partial charge is 0.0500 e. The van der Waals surface area contributed by atoms with Crippen LogP contribution in [0.15, 0.2) is 18.2 Å². The number of benzene rings is 1. The van der Waals surface area contributed by atoms with Crippen LogP contribution in [-0.2, 0) is 0 Å². The molecule has 15 heavy (non-hydrogen) atoms. The lowest BCUT2D eigenvalue weighted by molar-refractivity contribution is 0.132. The molecule has 1 rings (SSSR count). The van der Waals surface area contributed by atoms with Gasteiger partial charge >= 0.3 is 0 Å². The minimum absolute atomic E-state index is 0.0984. The average molecular weight is 207 g/mol. The Labute approximate surface area is 92.1 Å². The minimum atomic E-state index is -0.278. The van der Waals surface area contributed by atoms with E-state index in [0.717, 1.165) is 5.56 Å². The fourth-order valence-corrected chi connectivity index (χ4v) is 1.74. The Balaban J connectivity index is 3.06. The summed E-state index contributed by atoms with van der Waals surface area (Å²) in [6.45, 7) is 8.19. The Morgan fingerprint density at radius 2 is 1.67 bits per heavy atom. The van der Waals surface area contributed by atoms with E-state index in [1.807, 2.05) is 13.8 Å². The summed E-state index contributed by atoms with van der Waals surface area (Å²) in [4.78, 5) is 0. The van der Waals surface area contributed by atoms with Gasteiger partial charge in [0.1, 0.15) is 0 Å². The van der Waals surface area contributed by atoms with Crippen molar-refractivity contribution in [1.82, 2.24) is 0 Å². The summed E-state index contributed by atoms with van der Waals surface area (Å²) in [7, 11) is 0. The van der Waals surface area contributed by atoms with Crippen LogP contribution in [0.5, 0.6) is 0 Å². The highest BCUT2D eigenvalue weighted by atomic mass is 16.3. The van der Waals surface area contributed by atoms with Crippen molar-refractivity contribution in [2.75, 3.05) is 6.61 Å². The Bertz CT molecular complexity index is 324. The molecule has 0 bridgehead atoms. The maximum absolute atomic E-state index is 9.28. The van der Waals surface area contributed by atoms with Crippen molar-refractivity contribution < 1.29 is 5.11 Å². The first-order chi connectivity index (χ1) is 6.86. The van der Waals surface area contributed by atoms with Gasteiger partial charge < -0.3 is 10.8 Å². The summed E-state index contributed by atoms with van der Waals surface area (Å²) >= 11 is 0. The van der Waals surface area contributed by atoms with E-state index in [2.05, 4.69) is 32.0 Å². The van der Waals surface area contributed by atoms with Crippen molar-refractivity contribution in [2.24, 2.45) is 11.1 Å². The molecule has 1 atom stereocenters. The Hall–Kier alpha value is -0.860. The summed E-state index contributed by atoms with van der Waals surface area (Å²) in [6.07, 6.45) is 0. The number of aliphatic hydroxyl groups excluding tert-OH is 1. The normalized spacial score (nSPS) is 14.0. The molecule has 2 heteroatoms. The maximum Gasteiger partial charge on any atom is 0.0500 e. The van der Waals surface area contributed by atoms with E-state index in [1.165, 1.54) is 11.1 Å². The number of aliphatic hydroxyl groups is 1. The molecule has 0 radical (unpaired) electrons. The van der Waals surface area contributed by atoms with E-state index in [4.69, 9.17) is 5.73 Å². The average Bonchev–Trinajstić information content (AvgIpc) is 2.15. The van der Waals surface area contributed by atoms with Crippen LogP contribution < -0.4 is 5.73 Å². The number of nitrogens with two attached hydrogens (primary N) is 1. The molecule has 0 amide bonds. The molecule has 0 aromatic heterocycles. The van der Waals surface area contributed by atoms with E-state index in [9.17, 15) is 5.11 Å². The van der Waals surface area contributed by atoms with E-state index in [1.54, 1.807) is 0 Å². The molecule has 0 saturated heterocycles. The predicted octanol–water partition coefficient (Wildman–Crippen LogP) is 2.32. The van der Waals surface area contributed by atoms with E-state index in [0.29, 0.717) is 0 Å². The summed E-state index contributed by atoms with van der Waals surface area (Å²) in [5.74, 6) is 0.